The van der Waals surface area contributed by atoms with Gasteiger partial charge in [0.15, 0.2) is 0 Å². The molecule has 0 saturated carbocycles. The Morgan fingerprint density at radius 2 is 2.19 bits per heavy atom. The maximum absolute atomic E-state index is 5.65. The van der Waals surface area contributed by atoms with Gasteiger partial charge in [-0.2, -0.15) is 0 Å². The summed E-state index contributed by atoms with van der Waals surface area (Å²) in [6, 6.07) is 5.83. The first kappa shape index (κ1) is 12.6. The molecule has 0 aliphatic carbocycles. The molecule has 0 aromatic heterocycles. The van der Waals surface area contributed by atoms with Gasteiger partial charge in [0.1, 0.15) is 18.1 Å². The summed E-state index contributed by atoms with van der Waals surface area (Å²) in [6.45, 7) is 3.34. The molecule has 16 heavy (non-hydrogen) atoms. The van der Waals surface area contributed by atoms with Gasteiger partial charge in [-0.25, -0.2) is 0 Å². The maximum Gasteiger partial charge on any atom is 0.124 e. The Morgan fingerprint density at radius 3 is 2.81 bits per heavy atom. The molecule has 0 unspecified atom stereocenters. The second kappa shape index (κ2) is 6.90. The van der Waals surface area contributed by atoms with E-state index in [1.165, 1.54) is 0 Å². The number of benzene rings is 1. The van der Waals surface area contributed by atoms with E-state index in [0.717, 1.165) is 23.6 Å². The van der Waals surface area contributed by atoms with Crippen LogP contribution in [0.4, 0.5) is 0 Å². The molecule has 0 spiro atoms. The zero-order chi connectivity index (χ0) is 11.8. The van der Waals surface area contributed by atoms with E-state index in [4.69, 9.17) is 9.47 Å². The van der Waals surface area contributed by atoms with Crippen LogP contribution in [0.3, 0.4) is 0 Å². The van der Waals surface area contributed by atoms with E-state index in [1.54, 1.807) is 7.11 Å². The van der Waals surface area contributed by atoms with Gasteiger partial charge in [0.05, 0.1) is 7.11 Å². The molecule has 3 heteroatoms. The monoisotopic (exact) mass is 221 g/mol. The smallest absolute Gasteiger partial charge is 0.124 e. The predicted molar refractivity (Wildman–Crippen MR) is 66.1 cm³/mol. The summed E-state index contributed by atoms with van der Waals surface area (Å²) in [5, 5.41) is 3.11. The lowest BCUT2D eigenvalue weighted by Crippen LogP contribution is -2.08. The average molecular weight is 221 g/mol. The van der Waals surface area contributed by atoms with Crippen molar-refractivity contribution in [1.82, 2.24) is 5.32 Å². The molecule has 1 aromatic carbocycles. The van der Waals surface area contributed by atoms with Gasteiger partial charge in [-0.3, -0.25) is 0 Å². The van der Waals surface area contributed by atoms with Crippen LogP contribution in [0.2, 0.25) is 0 Å². The van der Waals surface area contributed by atoms with E-state index >= 15 is 0 Å². The van der Waals surface area contributed by atoms with Crippen molar-refractivity contribution in [3.63, 3.8) is 0 Å². The van der Waals surface area contributed by atoms with Gasteiger partial charge >= 0.3 is 0 Å². The summed E-state index contributed by atoms with van der Waals surface area (Å²) in [5.74, 6) is 1.75. The van der Waals surface area contributed by atoms with Gasteiger partial charge in [-0.15, -0.1) is 0 Å². The number of allylic oxidation sites excluding steroid dienone is 1. The number of hydrogen-bond donors (Lipinski definition) is 1. The molecule has 1 rings (SSSR count). The minimum Gasteiger partial charge on any atom is -0.497 e. The van der Waals surface area contributed by atoms with Crippen LogP contribution in [0.25, 0.3) is 0 Å². The molecule has 0 heterocycles. The highest BCUT2D eigenvalue weighted by Gasteiger charge is 2.04. The van der Waals surface area contributed by atoms with Crippen molar-refractivity contribution in [2.24, 2.45) is 0 Å². The SMILES string of the molecule is C/C=C/COc1ccc(OC)cc1CNC. The van der Waals surface area contributed by atoms with E-state index in [0.29, 0.717) is 6.61 Å². The van der Waals surface area contributed by atoms with Crippen LogP contribution in [0, 0.1) is 0 Å². The molecule has 1 aromatic rings. The van der Waals surface area contributed by atoms with Crippen LogP contribution in [-0.2, 0) is 6.54 Å². The Morgan fingerprint density at radius 1 is 1.38 bits per heavy atom. The maximum atomic E-state index is 5.65. The summed E-state index contributed by atoms with van der Waals surface area (Å²) in [6.07, 6.45) is 3.95. The third-order valence-electron chi connectivity index (χ3n) is 2.21. The standard InChI is InChI=1S/C13H19NO2/c1-4-5-8-16-13-7-6-12(15-3)9-11(13)10-14-2/h4-7,9,14H,8,10H2,1-3H3/b5-4+. The molecule has 0 fully saturated rings. The first-order valence-corrected chi connectivity index (χ1v) is 5.37. The largest absolute Gasteiger partial charge is 0.497 e. The lowest BCUT2D eigenvalue weighted by molar-refractivity contribution is 0.355. The van der Waals surface area contributed by atoms with Crippen LogP contribution in [-0.4, -0.2) is 20.8 Å². The second-order valence-electron chi connectivity index (χ2n) is 3.38. The third kappa shape index (κ3) is 3.59. The molecular weight excluding hydrogens is 202 g/mol. The molecule has 0 atom stereocenters. The predicted octanol–water partition coefficient (Wildman–Crippen LogP) is 2.37. The first-order valence-electron chi connectivity index (χ1n) is 5.37. The van der Waals surface area contributed by atoms with Gasteiger partial charge in [0.25, 0.3) is 0 Å². The molecule has 1 N–H and O–H groups in total. The van der Waals surface area contributed by atoms with Gasteiger partial charge < -0.3 is 14.8 Å². The zero-order valence-electron chi connectivity index (χ0n) is 10.1. The van der Waals surface area contributed by atoms with Crippen molar-refractivity contribution in [2.75, 3.05) is 20.8 Å². The fourth-order valence-corrected chi connectivity index (χ4v) is 1.39. The van der Waals surface area contributed by atoms with Crippen molar-refractivity contribution in [1.29, 1.82) is 0 Å². The van der Waals surface area contributed by atoms with Gasteiger partial charge in [-0.05, 0) is 32.2 Å². The van der Waals surface area contributed by atoms with Crippen molar-refractivity contribution in [3.8, 4) is 11.5 Å². The van der Waals surface area contributed by atoms with Crippen molar-refractivity contribution >= 4 is 0 Å². The Hall–Kier alpha value is -1.48. The van der Waals surface area contributed by atoms with Gasteiger partial charge in [0.2, 0.25) is 0 Å². The molecular formula is C13H19NO2. The molecule has 0 aliphatic heterocycles. The number of nitrogens with one attached hydrogen (secondary N) is 1. The first-order chi connectivity index (χ1) is 7.81. The van der Waals surface area contributed by atoms with Crippen molar-refractivity contribution in [3.05, 3.63) is 35.9 Å². The van der Waals surface area contributed by atoms with E-state index in [-0.39, 0.29) is 0 Å². The Kier molecular flexibility index (Phi) is 5.43. The van der Waals surface area contributed by atoms with Crippen LogP contribution in [0.1, 0.15) is 12.5 Å². The molecule has 0 amide bonds. The Balaban J connectivity index is 2.80. The van der Waals surface area contributed by atoms with E-state index in [2.05, 4.69) is 5.32 Å². The number of hydrogen-bond acceptors (Lipinski definition) is 3. The average Bonchev–Trinajstić information content (AvgIpc) is 2.31. The van der Waals surface area contributed by atoms with E-state index in [9.17, 15) is 0 Å². The van der Waals surface area contributed by atoms with Gasteiger partial charge in [-0.1, -0.05) is 12.2 Å². The Bertz CT molecular complexity index is 348. The zero-order valence-corrected chi connectivity index (χ0v) is 10.1. The molecule has 0 saturated heterocycles. The molecule has 0 aliphatic rings. The van der Waals surface area contributed by atoms with Crippen LogP contribution < -0.4 is 14.8 Å². The highest BCUT2D eigenvalue weighted by atomic mass is 16.5. The highest BCUT2D eigenvalue weighted by molar-refractivity contribution is 5.40. The molecule has 0 radical (unpaired) electrons. The van der Waals surface area contributed by atoms with Crippen molar-refractivity contribution < 1.29 is 9.47 Å². The second-order valence-corrected chi connectivity index (χ2v) is 3.38. The van der Waals surface area contributed by atoms with Crippen LogP contribution >= 0.6 is 0 Å². The summed E-state index contributed by atoms with van der Waals surface area (Å²) >= 11 is 0. The Labute approximate surface area is 97.1 Å². The lowest BCUT2D eigenvalue weighted by atomic mass is 10.2. The molecule has 0 bridgehead atoms. The minimum absolute atomic E-state index is 0.597. The third-order valence-corrected chi connectivity index (χ3v) is 2.21. The molecule has 3 nitrogen and oxygen atoms in total. The lowest BCUT2D eigenvalue weighted by Gasteiger charge is -2.11. The number of ether oxygens (including phenoxy) is 2. The summed E-state index contributed by atoms with van der Waals surface area (Å²) in [7, 11) is 3.58. The minimum atomic E-state index is 0.597. The fourth-order valence-electron chi connectivity index (χ4n) is 1.39. The normalized spacial score (nSPS) is 10.7. The highest BCUT2D eigenvalue weighted by Crippen LogP contribution is 2.24. The topological polar surface area (TPSA) is 30.5 Å². The quantitative estimate of drug-likeness (QED) is 0.748. The number of methoxy groups -OCH3 is 1. The van der Waals surface area contributed by atoms with Gasteiger partial charge in [0, 0.05) is 12.1 Å². The summed E-state index contributed by atoms with van der Waals surface area (Å²) in [5.41, 5.74) is 1.10. The molecule has 88 valence electrons. The van der Waals surface area contributed by atoms with Crippen LogP contribution in [0.15, 0.2) is 30.4 Å². The van der Waals surface area contributed by atoms with Crippen LogP contribution in [0.5, 0.6) is 11.5 Å². The fraction of sp³-hybridized carbons (Fsp3) is 0.385. The van der Waals surface area contributed by atoms with E-state index < -0.39 is 0 Å². The summed E-state index contributed by atoms with van der Waals surface area (Å²) < 4.78 is 10.8. The van der Waals surface area contributed by atoms with E-state index in [1.807, 2.05) is 44.3 Å². The van der Waals surface area contributed by atoms with Crippen molar-refractivity contribution in [2.45, 2.75) is 13.5 Å². The summed E-state index contributed by atoms with van der Waals surface area (Å²) in [4.78, 5) is 0. The number of rotatable bonds is 6.